The van der Waals surface area contributed by atoms with E-state index in [1.807, 2.05) is 6.92 Å². The van der Waals surface area contributed by atoms with Crippen LogP contribution in [-0.2, 0) is 11.3 Å². The Hall–Kier alpha value is -2.91. The number of rotatable bonds is 5. The highest BCUT2D eigenvalue weighted by Crippen LogP contribution is 2.61. The Morgan fingerprint density at radius 3 is 2.90 bits per heavy atom. The maximum Gasteiger partial charge on any atom is 0.333 e. The largest absolute Gasteiger partial charge is 0.497 e. The fourth-order valence-corrected chi connectivity index (χ4v) is 4.42. The molecule has 1 aliphatic heterocycles. The molecule has 3 aromatic rings. The first-order chi connectivity index (χ1) is 14.0. The molecule has 2 fully saturated rings. The second kappa shape index (κ2) is 6.30. The van der Waals surface area contributed by atoms with Gasteiger partial charge in [-0.3, -0.25) is 13.9 Å². The third-order valence-electron chi connectivity index (χ3n) is 6.22. The van der Waals surface area contributed by atoms with Crippen LogP contribution in [0.25, 0.3) is 11.0 Å². The minimum atomic E-state index is -0.550. The molecule has 0 radical (unpaired) electrons. The number of aliphatic hydroxyl groups excluding tert-OH is 1. The van der Waals surface area contributed by atoms with Crippen LogP contribution >= 0.6 is 0 Å². The van der Waals surface area contributed by atoms with Gasteiger partial charge >= 0.3 is 5.69 Å². The summed E-state index contributed by atoms with van der Waals surface area (Å²) in [4.78, 5) is 25.5. The Bertz CT molecular complexity index is 1210. The first-order valence-electron chi connectivity index (χ1n) is 9.50. The first-order valence-corrected chi connectivity index (χ1v) is 9.50. The average Bonchev–Trinajstić information content (AvgIpc) is 3.21. The predicted molar refractivity (Wildman–Crippen MR) is 102 cm³/mol. The van der Waals surface area contributed by atoms with E-state index in [0.717, 1.165) is 11.0 Å². The van der Waals surface area contributed by atoms with Gasteiger partial charge in [0.25, 0.3) is 5.56 Å². The third-order valence-corrected chi connectivity index (χ3v) is 6.22. The number of aliphatic hydroxyl groups is 1. The van der Waals surface area contributed by atoms with Crippen LogP contribution in [0.15, 0.2) is 44.6 Å². The van der Waals surface area contributed by atoms with Gasteiger partial charge in [0.05, 0.1) is 25.9 Å². The second-order valence-electron chi connectivity index (χ2n) is 7.82. The minimum absolute atomic E-state index is 0.0203. The summed E-state index contributed by atoms with van der Waals surface area (Å²) < 4.78 is 19.1. The average molecular weight is 399 g/mol. The van der Waals surface area contributed by atoms with Crippen molar-refractivity contribution in [2.45, 2.75) is 31.7 Å². The van der Waals surface area contributed by atoms with Crippen molar-refractivity contribution in [3.63, 3.8) is 0 Å². The van der Waals surface area contributed by atoms with E-state index in [2.05, 4.69) is 5.16 Å². The SMILES string of the molecule is COc1ccc2c(Cn3c(=O)ccn([C@@H]4OC5(CO)CC5[C@@H]4C)c3=O)noc2c1. The molecule has 0 spiro atoms. The van der Waals surface area contributed by atoms with Gasteiger partial charge in [-0.05, 0) is 24.5 Å². The van der Waals surface area contributed by atoms with Gasteiger partial charge in [0, 0.05) is 29.6 Å². The normalized spacial score (nSPS) is 27.9. The smallest absolute Gasteiger partial charge is 0.333 e. The summed E-state index contributed by atoms with van der Waals surface area (Å²) in [6.07, 6.45) is 1.74. The monoisotopic (exact) mass is 399 g/mol. The summed E-state index contributed by atoms with van der Waals surface area (Å²) in [5.41, 5.74) is -0.459. The lowest BCUT2D eigenvalue weighted by Gasteiger charge is -2.23. The van der Waals surface area contributed by atoms with E-state index in [-0.39, 0.29) is 25.0 Å². The molecule has 2 unspecified atom stereocenters. The number of hydrogen-bond donors (Lipinski definition) is 1. The Balaban J connectivity index is 1.51. The van der Waals surface area contributed by atoms with Crippen LogP contribution in [-0.4, -0.2) is 38.7 Å². The predicted octanol–water partition coefficient (Wildman–Crippen LogP) is 1.12. The van der Waals surface area contributed by atoms with Gasteiger partial charge in [-0.25, -0.2) is 4.79 Å². The molecule has 152 valence electrons. The Morgan fingerprint density at radius 1 is 1.34 bits per heavy atom. The van der Waals surface area contributed by atoms with Crippen LogP contribution in [0, 0.1) is 11.8 Å². The van der Waals surface area contributed by atoms with Crippen molar-refractivity contribution in [3.8, 4) is 5.75 Å². The molecule has 0 amide bonds. The molecule has 1 aromatic carbocycles. The zero-order valence-corrected chi connectivity index (χ0v) is 16.1. The van der Waals surface area contributed by atoms with E-state index in [1.54, 1.807) is 25.3 Å². The minimum Gasteiger partial charge on any atom is -0.497 e. The van der Waals surface area contributed by atoms with Crippen LogP contribution in [0.1, 0.15) is 25.3 Å². The fourth-order valence-electron chi connectivity index (χ4n) is 4.42. The van der Waals surface area contributed by atoms with Gasteiger partial charge in [-0.2, -0.15) is 0 Å². The van der Waals surface area contributed by atoms with Crippen LogP contribution in [0.4, 0.5) is 0 Å². The Morgan fingerprint density at radius 2 is 2.17 bits per heavy atom. The standard InChI is InChI=1S/C20H21N3O6/c1-11-14-8-20(14,10-24)28-18(11)22-6-5-17(25)23(19(22)26)9-15-13-4-3-12(27-2)7-16(13)29-21-15/h3-7,11,14,18,24H,8-10H2,1-2H3/t11-,14?,18+,20?/m0/s1. The number of hydrogen-bond acceptors (Lipinski definition) is 7. The maximum atomic E-state index is 13.1. The lowest BCUT2D eigenvalue weighted by Crippen LogP contribution is -2.42. The number of nitrogens with zero attached hydrogens (tertiary/aromatic N) is 3. The van der Waals surface area contributed by atoms with Crippen LogP contribution < -0.4 is 16.0 Å². The van der Waals surface area contributed by atoms with Crippen molar-refractivity contribution >= 4 is 11.0 Å². The quantitative estimate of drug-likeness (QED) is 0.685. The molecule has 29 heavy (non-hydrogen) atoms. The fraction of sp³-hybridized carbons (Fsp3) is 0.450. The highest BCUT2D eigenvalue weighted by molar-refractivity contribution is 5.80. The molecule has 5 rings (SSSR count). The zero-order chi connectivity index (χ0) is 20.3. The van der Waals surface area contributed by atoms with Crippen molar-refractivity contribution in [3.05, 3.63) is 57.0 Å². The van der Waals surface area contributed by atoms with Gasteiger partial charge in [-0.15, -0.1) is 0 Å². The molecular weight excluding hydrogens is 378 g/mol. The van der Waals surface area contributed by atoms with E-state index in [1.165, 1.54) is 16.8 Å². The van der Waals surface area contributed by atoms with Crippen molar-refractivity contribution in [2.24, 2.45) is 11.8 Å². The highest BCUT2D eigenvalue weighted by atomic mass is 16.6. The van der Waals surface area contributed by atoms with E-state index >= 15 is 0 Å². The Labute approximate surface area is 165 Å². The number of benzene rings is 1. The molecule has 2 aliphatic rings. The van der Waals surface area contributed by atoms with E-state index in [0.29, 0.717) is 22.4 Å². The lowest BCUT2D eigenvalue weighted by atomic mass is 10.0. The molecule has 1 saturated carbocycles. The molecule has 1 saturated heterocycles. The van der Waals surface area contributed by atoms with Crippen molar-refractivity contribution in [1.29, 1.82) is 0 Å². The van der Waals surface area contributed by atoms with Crippen LogP contribution in [0.3, 0.4) is 0 Å². The zero-order valence-electron chi connectivity index (χ0n) is 16.1. The van der Waals surface area contributed by atoms with Crippen molar-refractivity contribution in [2.75, 3.05) is 13.7 Å². The summed E-state index contributed by atoms with van der Waals surface area (Å²) in [5, 5.41) is 14.4. The molecule has 0 bridgehead atoms. The highest BCUT2D eigenvalue weighted by Gasteiger charge is 2.66. The maximum absolute atomic E-state index is 13.1. The van der Waals surface area contributed by atoms with Crippen molar-refractivity contribution in [1.82, 2.24) is 14.3 Å². The summed E-state index contributed by atoms with van der Waals surface area (Å²) in [7, 11) is 1.56. The summed E-state index contributed by atoms with van der Waals surface area (Å²) >= 11 is 0. The Kier molecular flexibility index (Phi) is 3.94. The van der Waals surface area contributed by atoms with Gasteiger partial charge in [0.15, 0.2) is 5.58 Å². The molecular formula is C20H21N3O6. The van der Waals surface area contributed by atoms with Crippen molar-refractivity contribution < 1.29 is 19.1 Å². The van der Waals surface area contributed by atoms with E-state index in [4.69, 9.17) is 14.0 Å². The van der Waals surface area contributed by atoms with Gasteiger partial charge in [-0.1, -0.05) is 12.1 Å². The first kappa shape index (κ1) is 18.1. The van der Waals surface area contributed by atoms with Gasteiger partial charge in [0.1, 0.15) is 17.7 Å². The van der Waals surface area contributed by atoms with Gasteiger partial charge in [0.2, 0.25) is 0 Å². The number of ether oxygens (including phenoxy) is 2. The molecule has 3 heterocycles. The lowest BCUT2D eigenvalue weighted by molar-refractivity contribution is -0.0734. The van der Waals surface area contributed by atoms with Crippen LogP contribution in [0.2, 0.25) is 0 Å². The molecule has 9 heteroatoms. The van der Waals surface area contributed by atoms with Gasteiger partial charge < -0.3 is 19.1 Å². The summed E-state index contributed by atoms with van der Waals surface area (Å²) in [6.45, 7) is 1.91. The molecule has 2 aromatic heterocycles. The molecule has 1 N–H and O–H groups in total. The third kappa shape index (κ3) is 2.65. The van der Waals surface area contributed by atoms with E-state index < -0.39 is 23.1 Å². The molecule has 1 aliphatic carbocycles. The summed E-state index contributed by atoms with van der Waals surface area (Å²) in [5.74, 6) is 0.911. The van der Waals surface area contributed by atoms with Crippen LogP contribution in [0.5, 0.6) is 5.75 Å². The second-order valence-corrected chi connectivity index (χ2v) is 7.82. The number of fused-ring (bicyclic) bond motifs is 2. The number of aromatic nitrogens is 3. The van der Waals surface area contributed by atoms with E-state index in [9.17, 15) is 14.7 Å². The molecule has 4 atom stereocenters. The topological polar surface area (TPSA) is 109 Å². The number of methoxy groups -OCH3 is 1. The summed E-state index contributed by atoms with van der Waals surface area (Å²) in [6, 6.07) is 6.60. The molecule has 9 nitrogen and oxygen atoms in total.